The van der Waals surface area contributed by atoms with Crippen molar-refractivity contribution in [2.75, 3.05) is 18.5 Å². The molecule has 0 saturated carbocycles. The van der Waals surface area contributed by atoms with E-state index in [1.165, 1.54) is 12.3 Å². The number of carbonyl (C=O) groups is 2. The summed E-state index contributed by atoms with van der Waals surface area (Å²) in [6.45, 7) is 3.40. The van der Waals surface area contributed by atoms with Crippen LogP contribution in [0.1, 0.15) is 23.0 Å². The Labute approximate surface area is 126 Å². The van der Waals surface area contributed by atoms with Gasteiger partial charge in [-0.1, -0.05) is 5.16 Å². The number of nitrogens with zero attached hydrogens (tertiary/aromatic N) is 2. The highest BCUT2D eigenvalue weighted by atomic mass is 16.5. The molecule has 0 aliphatic rings. The third-order valence-electron chi connectivity index (χ3n) is 2.50. The van der Waals surface area contributed by atoms with Gasteiger partial charge in [0, 0.05) is 12.3 Å². The van der Waals surface area contributed by atoms with Crippen LogP contribution in [0.25, 0.3) is 0 Å². The summed E-state index contributed by atoms with van der Waals surface area (Å²) in [4.78, 5) is 27.5. The number of aryl methyl sites for hydroxylation is 1. The van der Waals surface area contributed by atoms with Gasteiger partial charge in [0.25, 0.3) is 5.91 Å². The molecule has 2 heterocycles. The van der Waals surface area contributed by atoms with Crippen LogP contribution in [-0.2, 0) is 9.53 Å². The smallest absolute Gasteiger partial charge is 0.344 e. The van der Waals surface area contributed by atoms with Crippen LogP contribution in [-0.4, -0.2) is 35.2 Å². The summed E-state index contributed by atoms with van der Waals surface area (Å²) in [6.07, 6.45) is 1.50. The van der Waals surface area contributed by atoms with Crippen molar-refractivity contribution in [2.45, 2.75) is 13.8 Å². The molecule has 116 valence electrons. The Hall–Kier alpha value is -2.90. The van der Waals surface area contributed by atoms with Crippen LogP contribution in [0.3, 0.4) is 0 Å². The van der Waals surface area contributed by atoms with E-state index in [1.54, 1.807) is 26.0 Å². The van der Waals surface area contributed by atoms with Crippen LogP contribution in [0.4, 0.5) is 5.88 Å². The zero-order valence-electron chi connectivity index (χ0n) is 12.2. The number of aromatic nitrogens is 2. The van der Waals surface area contributed by atoms with Crippen LogP contribution in [0.5, 0.6) is 5.88 Å². The molecule has 0 unspecified atom stereocenters. The Balaban J connectivity index is 1.91. The topological polar surface area (TPSA) is 104 Å². The highest BCUT2D eigenvalue weighted by Gasteiger charge is 2.16. The summed E-state index contributed by atoms with van der Waals surface area (Å²) in [6, 6.07) is 4.64. The van der Waals surface area contributed by atoms with Gasteiger partial charge in [0.15, 0.2) is 6.61 Å². The van der Waals surface area contributed by atoms with Gasteiger partial charge in [-0.05, 0) is 26.0 Å². The van der Waals surface area contributed by atoms with E-state index in [9.17, 15) is 9.59 Å². The second-order valence-corrected chi connectivity index (χ2v) is 4.25. The normalized spacial score (nSPS) is 10.1. The lowest BCUT2D eigenvalue weighted by molar-refractivity contribution is -0.119. The summed E-state index contributed by atoms with van der Waals surface area (Å²) in [5.41, 5.74) is 0.789. The molecular formula is C14H15N3O5. The number of anilines is 1. The molecule has 0 aromatic carbocycles. The Morgan fingerprint density at radius 2 is 2.23 bits per heavy atom. The molecule has 0 aliphatic carbocycles. The molecule has 22 heavy (non-hydrogen) atoms. The van der Waals surface area contributed by atoms with E-state index < -0.39 is 18.5 Å². The molecular weight excluding hydrogens is 290 g/mol. The summed E-state index contributed by atoms with van der Waals surface area (Å²) < 4.78 is 15.0. The lowest BCUT2D eigenvalue weighted by atomic mass is 10.3. The van der Waals surface area contributed by atoms with Crippen molar-refractivity contribution in [1.29, 1.82) is 0 Å². The van der Waals surface area contributed by atoms with Crippen molar-refractivity contribution < 1.29 is 23.6 Å². The number of ether oxygens (including phenoxy) is 2. The highest BCUT2D eigenvalue weighted by Crippen LogP contribution is 2.15. The molecule has 1 amide bonds. The molecule has 0 saturated heterocycles. The van der Waals surface area contributed by atoms with Gasteiger partial charge in [-0.15, -0.1) is 0 Å². The average molecular weight is 305 g/mol. The van der Waals surface area contributed by atoms with Crippen LogP contribution < -0.4 is 10.1 Å². The van der Waals surface area contributed by atoms with Gasteiger partial charge in [0.05, 0.1) is 12.3 Å². The van der Waals surface area contributed by atoms with E-state index in [-0.39, 0.29) is 17.3 Å². The Morgan fingerprint density at radius 1 is 1.41 bits per heavy atom. The molecule has 0 aliphatic heterocycles. The fourth-order valence-electron chi connectivity index (χ4n) is 1.60. The van der Waals surface area contributed by atoms with E-state index in [1.807, 2.05) is 0 Å². The van der Waals surface area contributed by atoms with Crippen molar-refractivity contribution in [2.24, 2.45) is 0 Å². The number of pyridine rings is 1. The number of hydrogen-bond donors (Lipinski definition) is 1. The summed E-state index contributed by atoms with van der Waals surface area (Å²) >= 11 is 0. The number of carbonyl (C=O) groups excluding carboxylic acids is 2. The van der Waals surface area contributed by atoms with Gasteiger partial charge in [0.2, 0.25) is 11.8 Å². The lowest BCUT2D eigenvalue weighted by Crippen LogP contribution is -2.21. The maximum atomic E-state index is 11.9. The molecule has 8 heteroatoms. The van der Waals surface area contributed by atoms with E-state index in [0.717, 1.165) is 0 Å². The first kappa shape index (κ1) is 15.5. The van der Waals surface area contributed by atoms with Gasteiger partial charge < -0.3 is 14.0 Å². The maximum Gasteiger partial charge on any atom is 0.344 e. The average Bonchev–Trinajstić information content (AvgIpc) is 2.91. The maximum absolute atomic E-state index is 11.9. The molecule has 0 atom stereocenters. The zero-order valence-corrected chi connectivity index (χ0v) is 12.2. The summed E-state index contributed by atoms with van der Waals surface area (Å²) in [5.74, 6) is -0.872. The van der Waals surface area contributed by atoms with Crippen molar-refractivity contribution in [3.63, 3.8) is 0 Å². The molecule has 0 radical (unpaired) electrons. The van der Waals surface area contributed by atoms with Crippen LogP contribution in [0.2, 0.25) is 0 Å². The number of rotatable bonds is 6. The fourth-order valence-corrected chi connectivity index (χ4v) is 1.60. The second-order valence-electron chi connectivity index (χ2n) is 4.25. The first-order valence-electron chi connectivity index (χ1n) is 6.58. The first-order valence-corrected chi connectivity index (χ1v) is 6.58. The van der Waals surface area contributed by atoms with Gasteiger partial charge >= 0.3 is 5.97 Å². The largest absolute Gasteiger partial charge is 0.477 e. The third kappa shape index (κ3) is 4.05. The van der Waals surface area contributed by atoms with E-state index in [0.29, 0.717) is 12.3 Å². The molecule has 2 aromatic heterocycles. The van der Waals surface area contributed by atoms with Crippen LogP contribution in [0.15, 0.2) is 28.9 Å². The molecule has 2 aromatic rings. The molecule has 1 N–H and O–H groups in total. The quantitative estimate of drug-likeness (QED) is 0.808. The summed E-state index contributed by atoms with van der Waals surface area (Å²) in [5, 5.41) is 6.04. The van der Waals surface area contributed by atoms with Crippen molar-refractivity contribution >= 4 is 17.8 Å². The van der Waals surface area contributed by atoms with Gasteiger partial charge in [0.1, 0.15) is 5.56 Å². The summed E-state index contributed by atoms with van der Waals surface area (Å²) in [7, 11) is 0. The van der Waals surface area contributed by atoms with E-state index in [4.69, 9.17) is 14.0 Å². The molecule has 0 bridgehead atoms. The number of esters is 1. The highest BCUT2D eigenvalue weighted by molar-refractivity contribution is 5.95. The predicted molar refractivity (Wildman–Crippen MR) is 75.6 cm³/mol. The lowest BCUT2D eigenvalue weighted by Gasteiger charge is -2.08. The Kier molecular flexibility index (Phi) is 5.07. The Morgan fingerprint density at radius 3 is 2.91 bits per heavy atom. The van der Waals surface area contributed by atoms with Crippen LogP contribution in [0, 0.1) is 6.92 Å². The van der Waals surface area contributed by atoms with E-state index in [2.05, 4.69) is 15.5 Å². The standard InChI is InChI=1S/C14H15N3O5/c1-3-20-13-10(5-4-6-15-13)14(19)21-8-11(18)16-12-7-9(2)17-22-12/h4-7H,3,8H2,1-2H3,(H,16,18). The second kappa shape index (κ2) is 7.21. The molecule has 8 nitrogen and oxygen atoms in total. The Bertz CT molecular complexity index is 668. The fraction of sp³-hybridized carbons (Fsp3) is 0.286. The molecule has 0 spiro atoms. The van der Waals surface area contributed by atoms with Gasteiger partial charge in [-0.2, -0.15) is 0 Å². The molecule has 2 rings (SSSR count). The first-order chi connectivity index (χ1) is 10.6. The number of nitrogens with one attached hydrogen (secondary N) is 1. The minimum atomic E-state index is -0.694. The van der Waals surface area contributed by atoms with Crippen molar-refractivity contribution in [3.05, 3.63) is 35.7 Å². The number of hydrogen-bond acceptors (Lipinski definition) is 7. The van der Waals surface area contributed by atoms with Gasteiger partial charge in [-0.3, -0.25) is 10.1 Å². The minimum Gasteiger partial charge on any atom is -0.477 e. The van der Waals surface area contributed by atoms with Crippen LogP contribution >= 0.6 is 0 Å². The van der Waals surface area contributed by atoms with Crippen molar-refractivity contribution in [3.8, 4) is 5.88 Å². The van der Waals surface area contributed by atoms with E-state index >= 15 is 0 Å². The monoisotopic (exact) mass is 305 g/mol. The minimum absolute atomic E-state index is 0.160. The number of amides is 1. The van der Waals surface area contributed by atoms with Gasteiger partial charge in [-0.25, -0.2) is 9.78 Å². The predicted octanol–water partition coefficient (Wildman–Crippen LogP) is 1.57. The zero-order chi connectivity index (χ0) is 15.9. The van der Waals surface area contributed by atoms with Crippen molar-refractivity contribution in [1.82, 2.24) is 10.1 Å². The SMILES string of the molecule is CCOc1ncccc1C(=O)OCC(=O)Nc1cc(C)no1. The third-order valence-corrected chi connectivity index (χ3v) is 2.50. The molecule has 0 fully saturated rings.